The van der Waals surface area contributed by atoms with Crippen LogP contribution in [-0.2, 0) is 22.4 Å². The smallest absolute Gasteiger partial charge is 0.316 e. The van der Waals surface area contributed by atoms with E-state index in [0.29, 0.717) is 10.6 Å². The van der Waals surface area contributed by atoms with Crippen LogP contribution in [0.1, 0.15) is 42.5 Å². The predicted octanol–water partition coefficient (Wildman–Crippen LogP) is 2.88. The molecule has 0 aliphatic heterocycles. The van der Waals surface area contributed by atoms with Crippen LogP contribution in [0.2, 0.25) is 0 Å². The number of aromatic nitrogens is 1. The summed E-state index contributed by atoms with van der Waals surface area (Å²) in [6.45, 7) is 0. The van der Waals surface area contributed by atoms with E-state index in [1.54, 1.807) is 0 Å². The first-order valence-corrected chi connectivity index (χ1v) is 7.85. The minimum Gasteiger partial charge on any atom is -0.468 e. The molecule has 1 aliphatic carbocycles. The maximum Gasteiger partial charge on any atom is 0.316 e. The lowest BCUT2D eigenvalue weighted by atomic mass is 9.96. The number of carbonyl (C=O) groups is 1. The van der Waals surface area contributed by atoms with E-state index in [1.165, 1.54) is 37.3 Å². The third kappa shape index (κ3) is 3.73. The molecule has 4 nitrogen and oxygen atoms in total. The number of aryl methyl sites for hydroxylation is 2. The Hall–Kier alpha value is -1.54. The second-order valence-electron chi connectivity index (χ2n) is 4.84. The standard InChI is InChI=1S/C15H18N2O2S/c1-19-14(18)10-20-15-12(9-16)8-11-6-4-2-3-5-7-13(11)17-15/h8H,2-7,10H2,1H3. The quantitative estimate of drug-likeness (QED) is 0.632. The predicted molar refractivity (Wildman–Crippen MR) is 77.6 cm³/mol. The third-order valence-electron chi connectivity index (χ3n) is 3.44. The van der Waals surface area contributed by atoms with E-state index in [1.807, 2.05) is 6.07 Å². The van der Waals surface area contributed by atoms with Gasteiger partial charge in [-0.2, -0.15) is 5.26 Å². The number of pyridine rings is 1. The fourth-order valence-corrected chi connectivity index (χ4v) is 3.15. The number of methoxy groups -OCH3 is 1. The highest BCUT2D eigenvalue weighted by Crippen LogP contribution is 2.26. The first kappa shape index (κ1) is 14.9. The summed E-state index contributed by atoms with van der Waals surface area (Å²) < 4.78 is 4.62. The van der Waals surface area contributed by atoms with Gasteiger partial charge in [0.1, 0.15) is 11.1 Å². The second-order valence-corrected chi connectivity index (χ2v) is 5.80. The van der Waals surface area contributed by atoms with Gasteiger partial charge in [-0.25, -0.2) is 4.98 Å². The van der Waals surface area contributed by atoms with Crippen LogP contribution in [0.25, 0.3) is 0 Å². The Morgan fingerprint density at radius 3 is 2.85 bits per heavy atom. The average molecular weight is 290 g/mol. The Morgan fingerprint density at radius 1 is 1.40 bits per heavy atom. The molecule has 106 valence electrons. The van der Waals surface area contributed by atoms with Crippen molar-refractivity contribution in [2.45, 2.75) is 43.6 Å². The van der Waals surface area contributed by atoms with Gasteiger partial charge in [0, 0.05) is 5.69 Å². The lowest BCUT2D eigenvalue weighted by molar-refractivity contribution is -0.137. The number of nitrogens with zero attached hydrogens (tertiary/aromatic N) is 2. The zero-order valence-electron chi connectivity index (χ0n) is 11.6. The van der Waals surface area contributed by atoms with Gasteiger partial charge in [-0.05, 0) is 37.3 Å². The van der Waals surface area contributed by atoms with E-state index in [0.717, 1.165) is 31.4 Å². The molecule has 1 heterocycles. The molecule has 0 saturated carbocycles. The zero-order chi connectivity index (χ0) is 14.4. The van der Waals surface area contributed by atoms with Gasteiger partial charge in [0.15, 0.2) is 0 Å². The lowest BCUT2D eigenvalue weighted by Gasteiger charge is -2.15. The van der Waals surface area contributed by atoms with Crippen molar-refractivity contribution in [3.05, 3.63) is 22.9 Å². The van der Waals surface area contributed by atoms with Crippen molar-refractivity contribution >= 4 is 17.7 Å². The summed E-state index contributed by atoms with van der Waals surface area (Å²) in [7, 11) is 1.36. The summed E-state index contributed by atoms with van der Waals surface area (Å²) in [4.78, 5) is 15.8. The third-order valence-corrected chi connectivity index (χ3v) is 4.41. The SMILES string of the molecule is COC(=O)CSc1nc2c(cc1C#N)CCCCCC2. The minimum absolute atomic E-state index is 0.191. The number of hydrogen-bond acceptors (Lipinski definition) is 5. The number of fused-ring (bicyclic) bond motifs is 1. The maximum atomic E-state index is 11.2. The van der Waals surface area contributed by atoms with E-state index >= 15 is 0 Å². The molecule has 2 rings (SSSR count). The molecule has 0 unspecified atom stereocenters. The van der Waals surface area contributed by atoms with Crippen LogP contribution in [-0.4, -0.2) is 23.8 Å². The summed E-state index contributed by atoms with van der Waals surface area (Å²) in [6, 6.07) is 4.14. The van der Waals surface area contributed by atoms with Crippen molar-refractivity contribution in [3.63, 3.8) is 0 Å². The van der Waals surface area contributed by atoms with E-state index in [2.05, 4.69) is 15.8 Å². The van der Waals surface area contributed by atoms with Gasteiger partial charge in [0.25, 0.3) is 0 Å². The van der Waals surface area contributed by atoms with Gasteiger partial charge in [0.05, 0.1) is 18.4 Å². The normalized spacial score (nSPS) is 14.6. The van der Waals surface area contributed by atoms with Crippen LogP contribution < -0.4 is 0 Å². The van der Waals surface area contributed by atoms with E-state index in [-0.39, 0.29) is 11.7 Å². The fourth-order valence-electron chi connectivity index (χ4n) is 2.34. The number of thioether (sulfide) groups is 1. The summed E-state index contributed by atoms with van der Waals surface area (Å²) in [5.41, 5.74) is 2.86. The summed E-state index contributed by atoms with van der Waals surface area (Å²) in [5, 5.41) is 9.90. The number of carbonyl (C=O) groups excluding carboxylic acids is 1. The fraction of sp³-hybridized carbons (Fsp3) is 0.533. The molecule has 0 spiro atoms. The molecule has 20 heavy (non-hydrogen) atoms. The summed E-state index contributed by atoms with van der Waals surface area (Å²) in [6.07, 6.45) is 6.76. The molecule has 1 aromatic heterocycles. The molecule has 1 aliphatic rings. The van der Waals surface area contributed by atoms with Gasteiger partial charge in [0.2, 0.25) is 0 Å². The van der Waals surface area contributed by atoms with Gasteiger partial charge in [-0.1, -0.05) is 24.6 Å². The molecule has 0 bridgehead atoms. The monoisotopic (exact) mass is 290 g/mol. The van der Waals surface area contributed by atoms with E-state index < -0.39 is 0 Å². The molecule has 0 radical (unpaired) electrons. The Labute approximate surface area is 123 Å². The second kappa shape index (κ2) is 7.30. The highest BCUT2D eigenvalue weighted by molar-refractivity contribution is 7.99. The molecule has 0 N–H and O–H groups in total. The number of nitriles is 1. The largest absolute Gasteiger partial charge is 0.468 e. The van der Waals surface area contributed by atoms with Crippen LogP contribution in [0.3, 0.4) is 0 Å². The zero-order valence-corrected chi connectivity index (χ0v) is 12.5. The van der Waals surface area contributed by atoms with Crippen molar-refractivity contribution in [2.24, 2.45) is 0 Å². The van der Waals surface area contributed by atoms with Crippen molar-refractivity contribution in [1.82, 2.24) is 4.98 Å². The van der Waals surface area contributed by atoms with Gasteiger partial charge >= 0.3 is 5.97 Å². The Morgan fingerprint density at radius 2 is 2.15 bits per heavy atom. The minimum atomic E-state index is -0.299. The van der Waals surface area contributed by atoms with Crippen LogP contribution in [0.4, 0.5) is 0 Å². The molecule has 5 heteroatoms. The molecular formula is C15H18N2O2S. The van der Waals surface area contributed by atoms with Crippen molar-refractivity contribution in [3.8, 4) is 6.07 Å². The molecule has 0 aromatic carbocycles. The number of esters is 1. The molecule has 0 atom stereocenters. The molecule has 0 saturated heterocycles. The lowest BCUT2D eigenvalue weighted by Crippen LogP contribution is -2.07. The summed E-state index contributed by atoms with van der Waals surface area (Å²) >= 11 is 1.28. The number of rotatable bonds is 3. The Kier molecular flexibility index (Phi) is 5.42. The average Bonchev–Trinajstić information content (AvgIpc) is 2.45. The Balaban J connectivity index is 2.24. The Bertz CT molecular complexity index is 537. The van der Waals surface area contributed by atoms with Crippen LogP contribution in [0.5, 0.6) is 0 Å². The van der Waals surface area contributed by atoms with Gasteiger partial charge in [-0.3, -0.25) is 4.79 Å². The van der Waals surface area contributed by atoms with Crippen LogP contribution in [0.15, 0.2) is 11.1 Å². The van der Waals surface area contributed by atoms with E-state index in [9.17, 15) is 10.1 Å². The van der Waals surface area contributed by atoms with Crippen molar-refractivity contribution in [1.29, 1.82) is 5.26 Å². The maximum absolute atomic E-state index is 11.2. The summed E-state index contributed by atoms with van der Waals surface area (Å²) in [5.74, 6) is -0.107. The van der Waals surface area contributed by atoms with Crippen LogP contribution in [0, 0.1) is 11.3 Å². The number of hydrogen-bond donors (Lipinski definition) is 0. The highest BCUT2D eigenvalue weighted by atomic mass is 32.2. The first-order valence-electron chi connectivity index (χ1n) is 6.87. The highest BCUT2D eigenvalue weighted by Gasteiger charge is 2.15. The molecular weight excluding hydrogens is 272 g/mol. The molecule has 0 fully saturated rings. The van der Waals surface area contributed by atoms with Crippen molar-refractivity contribution in [2.75, 3.05) is 12.9 Å². The van der Waals surface area contributed by atoms with Crippen LogP contribution >= 0.6 is 11.8 Å². The molecule has 0 amide bonds. The number of ether oxygens (including phenoxy) is 1. The van der Waals surface area contributed by atoms with Gasteiger partial charge in [-0.15, -0.1) is 0 Å². The van der Waals surface area contributed by atoms with E-state index in [4.69, 9.17) is 0 Å². The van der Waals surface area contributed by atoms with Crippen molar-refractivity contribution < 1.29 is 9.53 Å². The topological polar surface area (TPSA) is 63.0 Å². The first-order chi connectivity index (χ1) is 9.74. The van der Waals surface area contributed by atoms with Gasteiger partial charge < -0.3 is 4.74 Å². The molecule has 1 aromatic rings.